The van der Waals surface area contributed by atoms with Crippen LogP contribution in [0.15, 0.2) is 10.6 Å². The number of amides is 1. The van der Waals surface area contributed by atoms with E-state index in [0.717, 1.165) is 0 Å². The molecule has 1 rings (SSSR count). The Morgan fingerprint density at radius 2 is 2.17 bits per heavy atom. The third-order valence-corrected chi connectivity index (χ3v) is 3.34. The van der Waals surface area contributed by atoms with Crippen molar-refractivity contribution in [1.82, 2.24) is 10.5 Å². The van der Waals surface area contributed by atoms with Crippen molar-refractivity contribution in [3.8, 4) is 0 Å². The zero-order valence-corrected chi connectivity index (χ0v) is 11.4. The largest absolute Gasteiger partial charge is 0.360 e. The van der Waals surface area contributed by atoms with Gasteiger partial charge in [-0.2, -0.15) is 0 Å². The normalized spacial score (nSPS) is 11.6. The van der Waals surface area contributed by atoms with Crippen molar-refractivity contribution >= 4 is 21.7 Å². The molecule has 0 unspecified atom stereocenters. The third kappa shape index (κ3) is 4.74. The Morgan fingerprint density at radius 3 is 2.67 bits per heavy atom. The molecule has 0 aliphatic rings. The van der Waals surface area contributed by atoms with E-state index in [1.54, 1.807) is 20.8 Å². The fourth-order valence-corrected chi connectivity index (χ4v) is 2.03. The molecule has 0 aromatic carbocycles. The van der Waals surface area contributed by atoms with Gasteiger partial charge in [-0.25, -0.2) is 8.42 Å². The quantitative estimate of drug-likeness (QED) is 0.787. The van der Waals surface area contributed by atoms with Crippen molar-refractivity contribution in [2.75, 3.05) is 17.0 Å². The van der Waals surface area contributed by atoms with Crippen LogP contribution in [0.3, 0.4) is 0 Å². The standard InChI is InChI=1S/C10H17N3O4S/c1-7(2)10(14)11-4-5-18(15,16)13-9-6-8(3)17-12-9/h6-7H,4-5H2,1-3H3,(H,11,14)(H,12,13). The monoisotopic (exact) mass is 275 g/mol. The lowest BCUT2D eigenvalue weighted by Gasteiger charge is -2.08. The van der Waals surface area contributed by atoms with Crippen molar-refractivity contribution < 1.29 is 17.7 Å². The molecule has 0 radical (unpaired) electrons. The molecule has 1 aromatic rings. The first-order valence-corrected chi connectivity index (χ1v) is 7.17. The van der Waals surface area contributed by atoms with E-state index in [4.69, 9.17) is 4.52 Å². The molecule has 0 atom stereocenters. The highest BCUT2D eigenvalue weighted by Crippen LogP contribution is 2.08. The number of hydrogen-bond donors (Lipinski definition) is 2. The summed E-state index contributed by atoms with van der Waals surface area (Å²) in [4.78, 5) is 11.2. The Kier molecular flexibility index (Phi) is 4.71. The van der Waals surface area contributed by atoms with Gasteiger partial charge in [-0.1, -0.05) is 19.0 Å². The Hall–Kier alpha value is -1.57. The zero-order chi connectivity index (χ0) is 13.8. The summed E-state index contributed by atoms with van der Waals surface area (Å²) >= 11 is 0. The molecule has 0 saturated heterocycles. The van der Waals surface area contributed by atoms with Crippen LogP contribution in [-0.2, 0) is 14.8 Å². The van der Waals surface area contributed by atoms with Crippen LogP contribution in [0.4, 0.5) is 5.82 Å². The molecule has 18 heavy (non-hydrogen) atoms. The molecule has 1 heterocycles. The number of aryl methyl sites for hydroxylation is 1. The number of nitrogens with zero attached hydrogens (tertiary/aromatic N) is 1. The van der Waals surface area contributed by atoms with Crippen molar-refractivity contribution in [3.05, 3.63) is 11.8 Å². The summed E-state index contributed by atoms with van der Waals surface area (Å²) in [5.41, 5.74) is 0. The van der Waals surface area contributed by atoms with Crippen LogP contribution in [0, 0.1) is 12.8 Å². The Morgan fingerprint density at radius 1 is 1.50 bits per heavy atom. The molecule has 8 heteroatoms. The fourth-order valence-electron chi connectivity index (χ4n) is 1.14. The van der Waals surface area contributed by atoms with Crippen molar-refractivity contribution in [1.29, 1.82) is 0 Å². The van der Waals surface area contributed by atoms with Gasteiger partial charge in [-0.3, -0.25) is 9.52 Å². The van der Waals surface area contributed by atoms with Crippen LogP contribution >= 0.6 is 0 Å². The number of rotatable bonds is 6. The van der Waals surface area contributed by atoms with E-state index in [1.807, 2.05) is 0 Å². The average Bonchev–Trinajstić information content (AvgIpc) is 2.62. The predicted molar refractivity (Wildman–Crippen MR) is 66.5 cm³/mol. The van der Waals surface area contributed by atoms with E-state index in [1.165, 1.54) is 6.07 Å². The Balaban J connectivity index is 2.43. The molecular weight excluding hydrogens is 258 g/mol. The van der Waals surface area contributed by atoms with Gasteiger partial charge in [-0.15, -0.1) is 0 Å². The minimum Gasteiger partial charge on any atom is -0.360 e. The van der Waals surface area contributed by atoms with Gasteiger partial charge in [0.25, 0.3) is 0 Å². The summed E-state index contributed by atoms with van der Waals surface area (Å²) in [6.07, 6.45) is 0. The first kappa shape index (κ1) is 14.5. The van der Waals surface area contributed by atoms with Crippen LogP contribution < -0.4 is 10.0 Å². The molecule has 0 fully saturated rings. The smallest absolute Gasteiger partial charge is 0.235 e. The van der Waals surface area contributed by atoms with Crippen molar-refractivity contribution in [2.45, 2.75) is 20.8 Å². The number of aromatic nitrogens is 1. The molecule has 0 saturated carbocycles. The number of carbonyl (C=O) groups is 1. The maximum atomic E-state index is 11.6. The second kappa shape index (κ2) is 5.85. The first-order chi connectivity index (χ1) is 8.30. The highest BCUT2D eigenvalue weighted by Gasteiger charge is 2.14. The van der Waals surface area contributed by atoms with Gasteiger partial charge >= 0.3 is 0 Å². The van der Waals surface area contributed by atoms with Crippen LogP contribution in [-0.4, -0.2) is 31.8 Å². The molecule has 0 aliphatic carbocycles. The summed E-state index contributed by atoms with van der Waals surface area (Å²) in [6, 6.07) is 1.48. The van der Waals surface area contributed by atoms with Gasteiger partial charge in [0.05, 0.1) is 5.75 Å². The summed E-state index contributed by atoms with van der Waals surface area (Å²) in [7, 11) is -3.53. The van der Waals surface area contributed by atoms with E-state index >= 15 is 0 Å². The number of nitrogens with one attached hydrogen (secondary N) is 2. The summed E-state index contributed by atoms with van der Waals surface area (Å²) in [5.74, 6) is 0.0991. The van der Waals surface area contributed by atoms with E-state index in [2.05, 4.69) is 15.2 Å². The maximum Gasteiger partial charge on any atom is 0.235 e. The summed E-state index contributed by atoms with van der Waals surface area (Å²) in [5, 5.41) is 6.05. The van der Waals surface area contributed by atoms with Gasteiger partial charge in [0.2, 0.25) is 15.9 Å². The average molecular weight is 275 g/mol. The lowest BCUT2D eigenvalue weighted by molar-refractivity contribution is -0.123. The van der Waals surface area contributed by atoms with Crippen LogP contribution in [0.2, 0.25) is 0 Å². The molecule has 102 valence electrons. The first-order valence-electron chi connectivity index (χ1n) is 5.51. The number of sulfonamides is 1. The molecule has 0 aliphatic heterocycles. The topological polar surface area (TPSA) is 101 Å². The molecule has 2 N–H and O–H groups in total. The van der Waals surface area contributed by atoms with Crippen LogP contribution in [0.1, 0.15) is 19.6 Å². The maximum absolute atomic E-state index is 11.6. The number of hydrogen-bond acceptors (Lipinski definition) is 5. The van der Waals surface area contributed by atoms with Crippen molar-refractivity contribution in [2.24, 2.45) is 5.92 Å². The van der Waals surface area contributed by atoms with Gasteiger partial charge in [0.1, 0.15) is 5.76 Å². The molecule has 7 nitrogen and oxygen atoms in total. The lowest BCUT2D eigenvalue weighted by atomic mass is 10.2. The van der Waals surface area contributed by atoms with Gasteiger partial charge in [0.15, 0.2) is 5.82 Å². The second-order valence-electron chi connectivity index (χ2n) is 4.19. The SMILES string of the molecule is Cc1cc(NS(=O)(=O)CCNC(=O)C(C)C)no1. The molecular formula is C10H17N3O4S. The summed E-state index contributed by atoms with van der Waals surface area (Å²) in [6.45, 7) is 5.19. The number of carbonyl (C=O) groups excluding carboxylic acids is 1. The lowest BCUT2D eigenvalue weighted by Crippen LogP contribution is -2.33. The summed E-state index contributed by atoms with van der Waals surface area (Å²) < 4.78 is 30.2. The van der Waals surface area contributed by atoms with E-state index < -0.39 is 10.0 Å². The van der Waals surface area contributed by atoms with E-state index in [9.17, 15) is 13.2 Å². The Bertz CT molecular complexity index is 507. The zero-order valence-electron chi connectivity index (χ0n) is 10.6. The van der Waals surface area contributed by atoms with Crippen LogP contribution in [0.5, 0.6) is 0 Å². The van der Waals surface area contributed by atoms with Crippen molar-refractivity contribution in [3.63, 3.8) is 0 Å². The highest BCUT2D eigenvalue weighted by molar-refractivity contribution is 7.92. The fraction of sp³-hybridized carbons (Fsp3) is 0.600. The Labute approximate surface area is 106 Å². The molecule has 1 aromatic heterocycles. The second-order valence-corrected chi connectivity index (χ2v) is 6.03. The van der Waals surface area contributed by atoms with E-state index in [0.29, 0.717) is 5.76 Å². The van der Waals surface area contributed by atoms with Gasteiger partial charge in [-0.05, 0) is 6.92 Å². The van der Waals surface area contributed by atoms with Gasteiger partial charge in [0, 0.05) is 18.5 Å². The predicted octanol–water partition coefficient (Wildman–Crippen LogP) is 0.497. The minimum atomic E-state index is -3.53. The van der Waals surface area contributed by atoms with Gasteiger partial charge < -0.3 is 9.84 Å². The van der Waals surface area contributed by atoms with E-state index in [-0.39, 0.29) is 29.9 Å². The number of anilines is 1. The molecule has 1 amide bonds. The highest BCUT2D eigenvalue weighted by atomic mass is 32.2. The minimum absolute atomic E-state index is 0.0587. The van der Waals surface area contributed by atoms with Crippen LogP contribution in [0.25, 0.3) is 0 Å². The molecule has 0 spiro atoms. The third-order valence-electron chi connectivity index (χ3n) is 2.08. The molecule has 0 bridgehead atoms.